The number of rotatable bonds is 1. The van der Waals surface area contributed by atoms with E-state index in [1.54, 1.807) is 0 Å². The van der Waals surface area contributed by atoms with Gasteiger partial charge in [-0.3, -0.25) is 0 Å². The van der Waals surface area contributed by atoms with E-state index < -0.39 is 0 Å². The topological polar surface area (TPSA) is 24.7 Å². The predicted molar refractivity (Wildman–Crippen MR) is 28.6 cm³/mol. The minimum Gasteiger partial charge on any atom is -0.158 e. The molecule has 0 aromatic heterocycles. The van der Waals surface area contributed by atoms with Crippen LogP contribution in [0.25, 0.3) is 0 Å². The highest BCUT2D eigenvalue weighted by Gasteiger charge is 2.38. The maximum absolute atomic E-state index is 5.63. The summed E-state index contributed by atoms with van der Waals surface area (Å²) in [5, 5.41) is 7.50. The Morgan fingerprint density at radius 2 is 2.00 bits per heavy atom. The quantitative estimate of drug-likeness (QED) is 0.469. The molecule has 1 atom stereocenters. The van der Waals surface area contributed by atoms with Crippen molar-refractivity contribution in [1.29, 1.82) is 0 Å². The number of alkyl halides is 1. The van der Waals surface area contributed by atoms with E-state index in [4.69, 9.17) is 11.6 Å². The Morgan fingerprint density at radius 3 is 2.00 bits per heavy atom. The summed E-state index contributed by atoms with van der Waals surface area (Å²) >= 11 is 5.63. The molecule has 0 unspecified atom stereocenters. The van der Waals surface area contributed by atoms with Gasteiger partial charge in [-0.1, -0.05) is 0 Å². The van der Waals surface area contributed by atoms with Crippen molar-refractivity contribution in [3.05, 3.63) is 0 Å². The first-order chi connectivity index (χ1) is 3.15. The molecule has 0 N–H and O–H groups in total. The minimum absolute atomic E-state index is 0.0486. The van der Waals surface area contributed by atoms with Crippen LogP contribution >= 0.6 is 11.6 Å². The molecule has 0 fully saturated rings. The van der Waals surface area contributed by atoms with E-state index >= 15 is 0 Å². The zero-order valence-corrected chi connectivity index (χ0v) is 5.11. The van der Waals surface area contributed by atoms with Gasteiger partial charge in [-0.15, -0.1) is 11.6 Å². The Balaban J connectivity index is 2.41. The van der Waals surface area contributed by atoms with Gasteiger partial charge in [-0.05, 0) is 13.8 Å². The van der Waals surface area contributed by atoms with Crippen LogP contribution in [0, 0.1) is 0 Å². The van der Waals surface area contributed by atoms with Crippen LogP contribution in [0.1, 0.15) is 13.8 Å². The van der Waals surface area contributed by atoms with E-state index in [-0.39, 0.29) is 11.0 Å². The molecule has 0 aromatic rings. The van der Waals surface area contributed by atoms with Crippen LogP contribution in [0.15, 0.2) is 10.2 Å². The highest BCUT2D eigenvalue weighted by atomic mass is 35.5. The molecule has 0 aliphatic carbocycles. The smallest absolute Gasteiger partial charge is 0.158 e. The molecule has 0 saturated carbocycles. The predicted octanol–water partition coefficient (Wildman–Crippen LogP) is 1.80. The summed E-state index contributed by atoms with van der Waals surface area (Å²) in [6.07, 6.45) is 0. The fourth-order valence-corrected chi connectivity index (χ4v) is 0.325. The standard InChI is InChI=1S/C4H7ClN2/c1-3(5)4(2)6-7-4/h3H,1-2H3/t3-/m1/s1. The first-order valence-corrected chi connectivity index (χ1v) is 2.67. The van der Waals surface area contributed by atoms with Gasteiger partial charge >= 0.3 is 0 Å². The van der Waals surface area contributed by atoms with Gasteiger partial charge < -0.3 is 0 Å². The van der Waals surface area contributed by atoms with Crippen molar-refractivity contribution in [2.24, 2.45) is 10.2 Å². The lowest BCUT2D eigenvalue weighted by atomic mass is 10.2. The fourth-order valence-electron chi connectivity index (χ4n) is 0.238. The van der Waals surface area contributed by atoms with Gasteiger partial charge in [0.05, 0.1) is 5.38 Å². The van der Waals surface area contributed by atoms with Gasteiger partial charge in [-0.25, -0.2) is 0 Å². The summed E-state index contributed by atoms with van der Waals surface area (Å²) in [7, 11) is 0. The first-order valence-electron chi connectivity index (χ1n) is 2.23. The molecule has 2 nitrogen and oxygen atoms in total. The van der Waals surface area contributed by atoms with Crippen LogP contribution < -0.4 is 0 Å². The lowest BCUT2D eigenvalue weighted by molar-refractivity contribution is 0.649. The number of hydrogen-bond donors (Lipinski definition) is 0. The summed E-state index contributed by atoms with van der Waals surface area (Å²) < 4.78 is 0. The van der Waals surface area contributed by atoms with Crippen molar-refractivity contribution in [2.75, 3.05) is 0 Å². The fraction of sp³-hybridized carbons (Fsp3) is 1.00. The van der Waals surface area contributed by atoms with Crippen molar-refractivity contribution in [1.82, 2.24) is 0 Å². The Hall–Kier alpha value is -0.110. The summed E-state index contributed by atoms with van der Waals surface area (Å²) in [5.41, 5.74) is -0.235. The molecule has 0 amide bonds. The summed E-state index contributed by atoms with van der Waals surface area (Å²) in [4.78, 5) is 0. The second kappa shape index (κ2) is 1.19. The molecule has 0 radical (unpaired) electrons. The molecule has 3 heteroatoms. The second-order valence-electron chi connectivity index (χ2n) is 1.91. The van der Waals surface area contributed by atoms with Gasteiger partial charge in [0, 0.05) is 0 Å². The van der Waals surface area contributed by atoms with Gasteiger partial charge in [0.15, 0.2) is 0 Å². The lowest BCUT2D eigenvalue weighted by Gasteiger charge is -2.02. The van der Waals surface area contributed by atoms with E-state index in [9.17, 15) is 0 Å². The molecule has 0 saturated heterocycles. The van der Waals surface area contributed by atoms with Crippen LogP contribution in [-0.4, -0.2) is 11.0 Å². The molecule has 1 rings (SSSR count). The van der Waals surface area contributed by atoms with Gasteiger partial charge in [0.25, 0.3) is 0 Å². The maximum atomic E-state index is 5.63. The zero-order valence-electron chi connectivity index (χ0n) is 4.35. The molecular weight excluding hydrogens is 112 g/mol. The first kappa shape index (κ1) is 5.04. The Kier molecular flexibility index (Phi) is 0.854. The van der Waals surface area contributed by atoms with Crippen LogP contribution in [0.2, 0.25) is 0 Å². The zero-order chi connectivity index (χ0) is 5.49. The highest BCUT2D eigenvalue weighted by Crippen LogP contribution is 2.33. The Labute approximate surface area is 47.6 Å². The average molecular weight is 119 g/mol. The Morgan fingerprint density at radius 1 is 1.57 bits per heavy atom. The highest BCUT2D eigenvalue weighted by molar-refractivity contribution is 6.21. The van der Waals surface area contributed by atoms with Crippen molar-refractivity contribution in [2.45, 2.75) is 24.9 Å². The molecule has 0 aromatic carbocycles. The third-order valence-corrected chi connectivity index (χ3v) is 1.58. The third kappa shape index (κ3) is 0.752. The van der Waals surface area contributed by atoms with Gasteiger partial charge in [-0.2, -0.15) is 10.2 Å². The monoisotopic (exact) mass is 118 g/mol. The van der Waals surface area contributed by atoms with Crippen LogP contribution in [0.4, 0.5) is 0 Å². The van der Waals surface area contributed by atoms with E-state index in [0.29, 0.717) is 0 Å². The van der Waals surface area contributed by atoms with Crippen molar-refractivity contribution >= 4 is 11.6 Å². The van der Waals surface area contributed by atoms with E-state index in [1.165, 1.54) is 0 Å². The molecule has 1 aliphatic rings. The van der Waals surface area contributed by atoms with Crippen molar-refractivity contribution < 1.29 is 0 Å². The summed E-state index contributed by atoms with van der Waals surface area (Å²) in [6.45, 7) is 3.80. The third-order valence-electron chi connectivity index (χ3n) is 1.17. The van der Waals surface area contributed by atoms with Crippen LogP contribution in [0.5, 0.6) is 0 Å². The average Bonchev–Trinajstić information content (AvgIpc) is 2.21. The number of hydrogen-bond acceptors (Lipinski definition) is 2. The number of nitrogens with zero attached hydrogens (tertiary/aromatic N) is 2. The van der Waals surface area contributed by atoms with E-state index in [1.807, 2.05) is 13.8 Å². The Bertz CT molecular complexity index is 102. The van der Waals surface area contributed by atoms with Crippen molar-refractivity contribution in [3.8, 4) is 0 Å². The van der Waals surface area contributed by atoms with E-state index in [0.717, 1.165) is 0 Å². The van der Waals surface area contributed by atoms with Crippen LogP contribution in [0.3, 0.4) is 0 Å². The minimum atomic E-state index is -0.235. The SMILES string of the molecule is C[C@@H](Cl)C1(C)N=N1. The molecule has 1 heterocycles. The molecule has 0 spiro atoms. The molecule has 1 aliphatic heterocycles. The second-order valence-corrected chi connectivity index (χ2v) is 2.56. The molecule has 7 heavy (non-hydrogen) atoms. The summed E-state index contributed by atoms with van der Waals surface area (Å²) in [6, 6.07) is 0. The lowest BCUT2D eigenvalue weighted by Crippen LogP contribution is -2.15. The van der Waals surface area contributed by atoms with Crippen LogP contribution in [-0.2, 0) is 0 Å². The molecular formula is C4H7ClN2. The molecule has 40 valence electrons. The maximum Gasteiger partial charge on any atom is 0.204 e. The summed E-state index contributed by atoms with van der Waals surface area (Å²) in [5.74, 6) is 0. The largest absolute Gasteiger partial charge is 0.204 e. The van der Waals surface area contributed by atoms with Crippen molar-refractivity contribution in [3.63, 3.8) is 0 Å². The molecule has 0 bridgehead atoms. The van der Waals surface area contributed by atoms with Gasteiger partial charge in [0.2, 0.25) is 5.66 Å². The number of halogens is 1. The van der Waals surface area contributed by atoms with E-state index in [2.05, 4.69) is 10.2 Å². The normalized spacial score (nSPS) is 27.3. The van der Waals surface area contributed by atoms with Gasteiger partial charge in [0.1, 0.15) is 0 Å².